The van der Waals surface area contributed by atoms with Crippen LogP contribution in [0.3, 0.4) is 0 Å². The molecule has 3 heteroatoms. The van der Waals surface area contributed by atoms with Crippen LogP contribution in [0.5, 0.6) is 0 Å². The second kappa shape index (κ2) is 4.94. The first kappa shape index (κ1) is 12.6. The van der Waals surface area contributed by atoms with Crippen LogP contribution in [-0.4, -0.2) is 4.40 Å². The van der Waals surface area contributed by atoms with E-state index in [2.05, 4.69) is 0 Å². The Hall–Kier alpha value is -2.39. The van der Waals surface area contributed by atoms with Crippen LogP contribution in [0.25, 0.3) is 16.6 Å². The van der Waals surface area contributed by atoms with Gasteiger partial charge in [-0.1, -0.05) is 36.4 Å². The molecule has 3 nitrogen and oxygen atoms in total. The molecule has 2 N–H and O–H groups in total. The topological polar surface area (TPSA) is 47.5 Å². The first-order chi connectivity index (χ1) is 9.66. The van der Waals surface area contributed by atoms with Gasteiger partial charge in [-0.25, -0.2) is 0 Å². The van der Waals surface area contributed by atoms with Crippen LogP contribution in [0.2, 0.25) is 0 Å². The van der Waals surface area contributed by atoms with Crippen molar-refractivity contribution in [1.29, 1.82) is 0 Å². The van der Waals surface area contributed by atoms with Crippen LogP contribution < -0.4 is 11.3 Å². The predicted octanol–water partition coefficient (Wildman–Crippen LogP) is 2.99. The summed E-state index contributed by atoms with van der Waals surface area (Å²) in [4.78, 5) is 12.3. The van der Waals surface area contributed by atoms with E-state index in [0.717, 1.165) is 22.2 Å². The largest absolute Gasteiger partial charge is 0.324 e. The molecule has 0 radical (unpaired) electrons. The summed E-state index contributed by atoms with van der Waals surface area (Å²) in [6, 6.07) is 17.3. The first-order valence-corrected chi connectivity index (χ1v) is 6.63. The van der Waals surface area contributed by atoms with Gasteiger partial charge in [-0.15, -0.1) is 0 Å². The van der Waals surface area contributed by atoms with Crippen molar-refractivity contribution in [1.82, 2.24) is 4.40 Å². The lowest BCUT2D eigenvalue weighted by Crippen LogP contribution is -2.16. The Bertz CT molecular complexity index is 804. The number of hydrogen-bond donors (Lipinski definition) is 1. The van der Waals surface area contributed by atoms with Crippen LogP contribution in [0.15, 0.2) is 65.6 Å². The summed E-state index contributed by atoms with van der Waals surface area (Å²) in [5.41, 5.74) is 9.76. The van der Waals surface area contributed by atoms with Gasteiger partial charge in [0.25, 0.3) is 5.56 Å². The maximum Gasteiger partial charge on any atom is 0.255 e. The quantitative estimate of drug-likeness (QED) is 0.773. The molecule has 1 aromatic carbocycles. The standard InChI is InChI=1S/C17H16N2O/c1-12(18)15-8-5-9-19-16(15)10-14(11-17(19)20)13-6-3-2-4-7-13/h2-12H,18H2,1H3. The SMILES string of the molecule is CC(N)c1cccn2c(=O)cc(-c3ccccc3)cc12. The Kier molecular flexibility index (Phi) is 3.12. The van der Waals surface area contributed by atoms with Crippen molar-refractivity contribution in [2.45, 2.75) is 13.0 Å². The zero-order valence-electron chi connectivity index (χ0n) is 11.3. The Morgan fingerprint density at radius 1 is 1.00 bits per heavy atom. The average molecular weight is 264 g/mol. The lowest BCUT2D eigenvalue weighted by Gasteiger charge is -2.12. The van der Waals surface area contributed by atoms with Crippen LogP contribution in [0.4, 0.5) is 0 Å². The van der Waals surface area contributed by atoms with E-state index in [1.165, 1.54) is 0 Å². The van der Waals surface area contributed by atoms with Crippen LogP contribution in [-0.2, 0) is 0 Å². The molecule has 100 valence electrons. The van der Waals surface area contributed by atoms with Gasteiger partial charge in [-0.2, -0.15) is 0 Å². The number of nitrogens with zero attached hydrogens (tertiary/aromatic N) is 1. The summed E-state index contributed by atoms with van der Waals surface area (Å²) >= 11 is 0. The first-order valence-electron chi connectivity index (χ1n) is 6.63. The Morgan fingerprint density at radius 3 is 2.45 bits per heavy atom. The molecule has 0 aliphatic rings. The Labute approximate surface area is 117 Å². The third kappa shape index (κ3) is 2.12. The normalized spacial score (nSPS) is 12.5. The molecular weight excluding hydrogens is 248 g/mol. The molecule has 0 saturated carbocycles. The second-order valence-electron chi connectivity index (χ2n) is 4.96. The molecule has 0 aliphatic carbocycles. The maximum atomic E-state index is 12.3. The van der Waals surface area contributed by atoms with Gasteiger partial charge in [0.2, 0.25) is 0 Å². The minimum atomic E-state index is -0.114. The van der Waals surface area contributed by atoms with E-state index >= 15 is 0 Å². The number of pyridine rings is 2. The van der Waals surface area contributed by atoms with Gasteiger partial charge >= 0.3 is 0 Å². The van der Waals surface area contributed by atoms with Gasteiger partial charge in [0, 0.05) is 18.3 Å². The fourth-order valence-corrected chi connectivity index (χ4v) is 2.46. The van der Waals surface area contributed by atoms with Gasteiger partial charge in [0.15, 0.2) is 0 Å². The highest BCUT2D eigenvalue weighted by Crippen LogP contribution is 2.22. The summed E-state index contributed by atoms with van der Waals surface area (Å²) < 4.78 is 1.64. The number of benzene rings is 1. The summed E-state index contributed by atoms with van der Waals surface area (Å²) in [6.45, 7) is 1.93. The third-order valence-corrected chi connectivity index (χ3v) is 3.47. The molecule has 0 amide bonds. The third-order valence-electron chi connectivity index (χ3n) is 3.47. The molecule has 1 unspecified atom stereocenters. The van der Waals surface area contributed by atoms with Crippen molar-refractivity contribution >= 4 is 5.52 Å². The molecule has 1 atom stereocenters. The lowest BCUT2D eigenvalue weighted by molar-refractivity contribution is 0.817. The average Bonchev–Trinajstić information content (AvgIpc) is 2.47. The number of hydrogen-bond acceptors (Lipinski definition) is 2. The highest BCUT2D eigenvalue weighted by atomic mass is 16.1. The number of fused-ring (bicyclic) bond motifs is 1. The monoisotopic (exact) mass is 264 g/mol. The van der Waals surface area contributed by atoms with Crippen molar-refractivity contribution in [2.75, 3.05) is 0 Å². The predicted molar refractivity (Wildman–Crippen MR) is 81.7 cm³/mol. The molecule has 20 heavy (non-hydrogen) atoms. The smallest absolute Gasteiger partial charge is 0.255 e. The molecule has 2 aromatic heterocycles. The Morgan fingerprint density at radius 2 is 1.75 bits per heavy atom. The van der Waals surface area contributed by atoms with Crippen molar-refractivity contribution in [3.8, 4) is 11.1 Å². The van der Waals surface area contributed by atoms with Crippen LogP contribution in [0, 0.1) is 0 Å². The van der Waals surface area contributed by atoms with Gasteiger partial charge in [-0.05, 0) is 35.7 Å². The highest BCUT2D eigenvalue weighted by molar-refractivity contribution is 5.70. The van der Waals surface area contributed by atoms with Gasteiger partial charge in [-0.3, -0.25) is 9.20 Å². The van der Waals surface area contributed by atoms with Gasteiger partial charge < -0.3 is 5.73 Å². The van der Waals surface area contributed by atoms with E-state index in [0.29, 0.717) is 0 Å². The zero-order chi connectivity index (χ0) is 14.1. The molecule has 3 rings (SSSR count). The van der Waals surface area contributed by atoms with Crippen molar-refractivity contribution < 1.29 is 0 Å². The van der Waals surface area contributed by atoms with Crippen molar-refractivity contribution in [3.63, 3.8) is 0 Å². The van der Waals surface area contributed by atoms with E-state index in [1.807, 2.05) is 55.5 Å². The summed E-state index contributed by atoms with van der Waals surface area (Å²) in [5, 5.41) is 0. The van der Waals surface area contributed by atoms with Gasteiger partial charge in [0.1, 0.15) is 0 Å². The molecule has 0 bridgehead atoms. The summed E-state index contributed by atoms with van der Waals surface area (Å²) in [5.74, 6) is 0. The summed E-state index contributed by atoms with van der Waals surface area (Å²) in [6.07, 6.45) is 1.78. The molecule has 0 saturated heterocycles. The molecule has 0 spiro atoms. The van der Waals surface area contributed by atoms with Crippen LogP contribution >= 0.6 is 0 Å². The van der Waals surface area contributed by atoms with E-state index in [1.54, 1.807) is 16.7 Å². The van der Waals surface area contributed by atoms with E-state index in [4.69, 9.17) is 5.73 Å². The van der Waals surface area contributed by atoms with Crippen molar-refractivity contribution in [3.05, 3.63) is 76.7 Å². The molecular formula is C17H16N2O. The fraction of sp³-hybridized carbons (Fsp3) is 0.118. The van der Waals surface area contributed by atoms with Gasteiger partial charge in [0.05, 0.1) is 5.52 Å². The summed E-state index contributed by atoms with van der Waals surface area (Å²) in [7, 11) is 0. The minimum absolute atomic E-state index is 0.0381. The van der Waals surface area contributed by atoms with E-state index in [-0.39, 0.29) is 11.6 Å². The highest BCUT2D eigenvalue weighted by Gasteiger charge is 2.08. The second-order valence-corrected chi connectivity index (χ2v) is 4.96. The lowest BCUT2D eigenvalue weighted by atomic mass is 10.0. The molecule has 0 fully saturated rings. The maximum absolute atomic E-state index is 12.3. The molecule has 0 aliphatic heterocycles. The fourth-order valence-electron chi connectivity index (χ4n) is 2.46. The number of aromatic nitrogens is 1. The van der Waals surface area contributed by atoms with Crippen LogP contribution in [0.1, 0.15) is 18.5 Å². The zero-order valence-corrected chi connectivity index (χ0v) is 11.3. The molecule has 2 heterocycles. The number of nitrogens with two attached hydrogens (primary N) is 1. The van der Waals surface area contributed by atoms with E-state index < -0.39 is 0 Å². The number of rotatable bonds is 2. The van der Waals surface area contributed by atoms with Crippen molar-refractivity contribution in [2.24, 2.45) is 5.73 Å². The Balaban J connectivity index is 2.33. The molecule has 3 aromatic rings. The minimum Gasteiger partial charge on any atom is -0.324 e. The van der Waals surface area contributed by atoms with E-state index in [9.17, 15) is 4.79 Å².